The summed E-state index contributed by atoms with van der Waals surface area (Å²) in [7, 11) is 3.12. The number of aryl methyl sites for hydroxylation is 1. The number of pyridine rings is 1. The number of ether oxygens (including phenoxy) is 2. The Morgan fingerprint density at radius 2 is 1.81 bits per heavy atom. The molecule has 0 aromatic carbocycles. The van der Waals surface area contributed by atoms with Gasteiger partial charge in [0.2, 0.25) is 11.8 Å². The van der Waals surface area contributed by atoms with Crippen molar-refractivity contribution >= 4 is 17.6 Å². The topological polar surface area (TPSA) is 114 Å². The van der Waals surface area contributed by atoms with E-state index >= 15 is 0 Å². The molecule has 0 unspecified atom stereocenters. The number of hydrogen-bond acceptors (Lipinski definition) is 7. The Labute approximate surface area is 221 Å². The summed E-state index contributed by atoms with van der Waals surface area (Å²) in [6, 6.07) is 0. The molecule has 10 nitrogen and oxygen atoms in total. The number of aliphatic imine (C=N–C) groups is 1. The smallest absolute Gasteiger partial charge is 0.247 e. The summed E-state index contributed by atoms with van der Waals surface area (Å²) in [5.41, 5.74) is 8.76. The number of nitrogens with zero attached hydrogens (tertiary/aromatic N) is 5. The summed E-state index contributed by atoms with van der Waals surface area (Å²) >= 11 is 0. The lowest BCUT2D eigenvalue weighted by atomic mass is 10.1. The van der Waals surface area contributed by atoms with E-state index < -0.39 is 0 Å². The molecule has 2 N–H and O–H groups in total. The first-order valence-corrected chi connectivity index (χ1v) is 12.6. The predicted molar refractivity (Wildman–Crippen MR) is 147 cm³/mol. The maximum Gasteiger partial charge on any atom is 0.247 e. The number of likely N-dealkylation sites (N-methyl/N-ethyl adjacent to an activating group) is 1. The third kappa shape index (κ3) is 7.96. The Bertz CT molecular complexity index is 1030. The van der Waals surface area contributed by atoms with Gasteiger partial charge in [0.25, 0.3) is 0 Å². The van der Waals surface area contributed by atoms with Gasteiger partial charge in [-0.2, -0.15) is 0 Å². The molecule has 0 radical (unpaired) electrons. The van der Waals surface area contributed by atoms with Gasteiger partial charge in [-0.25, -0.2) is 4.99 Å². The molecule has 0 spiro atoms. The minimum absolute atomic E-state index is 0.0184. The zero-order chi connectivity index (χ0) is 28.3. The second kappa shape index (κ2) is 14.9. The minimum atomic E-state index is -0.259. The van der Waals surface area contributed by atoms with E-state index in [9.17, 15) is 9.59 Å². The standard InChI is InChI=1S/C24H36N6O4.C3H8/c1-9-28(10-2)20(31)14-30-21(32)13-29(24(27-18(6)25)22(30)17(5)33-7)12-19-16(4)23(34-8)15(3)11-26-19;1-3-2/h11H,6,9-10,12-14,25H2,1-5,7-8H3;3H2,1-2H3/b22-17-,27-24+;. The average Bonchev–Trinajstić information content (AvgIpc) is 2.84. The lowest BCUT2D eigenvalue weighted by molar-refractivity contribution is -0.139. The van der Waals surface area contributed by atoms with Crippen LogP contribution in [0.25, 0.3) is 0 Å². The molecule has 206 valence electrons. The number of aromatic nitrogens is 1. The van der Waals surface area contributed by atoms with Crippen molar-refractivity contribution in [1.29, 1.82) is 0 Å². The summed E-state index contributed by atoms with van der Waals surface area (Å²) < 4.78 is 11.0. The van der Waals surface area contributed by atoms with E-state index in [1.807, 2.05) is 27.7 Å². The first kappa shape index (κ1) is 31.5. The number of methoxy groups -OCH3 is 2. The van der Waals surface area contributed by atoms with Crippen LogP contribution in [0.2, 0.25) is 0 Å². The van der Waals surface area contributed by atoms with Gasteiger partial charge in [0, 0.05) is 30.4 Å². The van der Waals surface area contributed by atoms with Crippen molar-refractivity contribution in [3.8, 4) is 5.75 Å². The molecule has 10 heteroatoms. The number of allylic oxidation sites excluding steroid dienone is 1. The molecule has 1 aliphatic rings. The highest BCUT2D eigenvalue weighted by atomic mass is 16.5. The first-order valence-electron chi connectivity index (χ1n) is 12.6. The maximum absolute atomic E-state index is 13.3. The van der Waals surface area contributed by atoms with Gasteiger partial charge in [0.15, 0.2) is 5.84 Å². The van der Waals surface area contributed by atoms with Crippen LogP contribution in [0.5, 0.6) is 5.75 Å². The Kier molecular flexibility index (Phi) is 12.6. The molecule has 0 saturated carbocycles. The summed E-state index contributed by atoms with van der Waals surface area (Å²) in [6.45, 7) is 18.5. The van der Waals surface area contributed by atoms with Crippen molar-refractivity contribution in [1.82, 2.24) is 19.7 Å². The van der Waals surface area contributed by atoms with Crippen molar-refractivity contribution in [3.63, 3.8) is 0 Å². The highest BCUT2D eigenvalue weighted by Crippen LogP contribution is 2.28. The molecule has 2 amide bonds. The first-order chi connectivity index (χ1) is 17.5. The van der Waals surface area contributed by atoms with Gasteiger partial charge in [0.1, 0.15) is 29.6 Å². The van der Waals surface area contributed by atoms with Gasteiger partial charge in [-0.15, -0.1) is 0 Å². The predicted octanol–water partition coefficient (Wildman–Crippen LogP) is 3.34. The van der Waals surface area contributed by atoms with Gasteiger partial charge < -0.3 is 25.0 Å². The fourth-order valence-electron chi connectivity index (χ4n) is 3.94. The molecule has 1 aliphatic heterocycles. The molecular formula is C27H44N6O4. The van der Waals surface area contributed by atoms with Crippen molar-refractivity contribution in [2.45, 2.75) is 61.4 Å². The number of hydrogen-bond donors (Lipinski definition) is 1. The normalized spacial score (nSPS) is 15.7. The van der Waals surface area contributed by atoms with Crippen molar-refractivity contribution in [2.75, 3.05) is 40.4 Å². The molecule has 1 aromatic rings. The number of amides is 2. The van der Waals surface area contributed by atoms with E-state index in [4.69, 9.17) is 15.2 Å². The van der Waals surface area contributed by atoms with Crippen LogP contribution in [0.4, 0.5) is 0 Å². The van der Waals surface area contributed by atoms with Gasteiger partial charge in [-0.1, -0.05) is 26.8 Å². The number of amidine groups is 1. The van der Waals surface area contributed by atoms with E-state index in [1.165, 1.54) is 18.4 Å². The Morgan fingerprint density at radius 1 is 1.22 bits per heavy atom. The van der Waals surface area contributed by atoms with Crippen LogP contribution in [0.1, 0.15) is 57.9 Å². The second-order valence-corrected chi connectivity index (χ2v) is 8.69. The largest absolute Gasteiger partial charge is 0.499 e. The van der Waals surface area contributed by atoms with Gasteiger partial charge >= 0.3 is 0 Å². The van der Waals surface area contributed by atoms with Crippen molar-refractivity contribution < 1.29 is 19.1 Å². The number of piperazine rings is 1. The third-order valence-electron chi connectivity index (χ3n) is 5.80. The zero-order valence-electron chi connectivity index (χ0n) is 24.0. The quantitative estimate of drug-likeness (QED) is 0.501. The lowest BCUT2D eigenvalue weighted by Crippen LogP contribution is -2.55. The van der Waals surface area contributed by atoms with E-state index in [-0.39, 0.29) is 37.3 Å². The monoisotopic (exact) mass is 516 g/mol. The third-order valence-corrected chi connectivity index (χ3v) is 5.80. The Morgan fingerprint density at radius 3 is 2.30 bits per heavy atom. The fraction of sp³-hybridized carbons (Fsp3) is 0.556. The van der Waals surface area contributed by atoms with E-state index in [2.05, 4.69) is 30.4 Å². The maximum atomic E-state index is 13.3. The Hall–Kier alpha value is -3.56. The fourth-order valence-corrected chi connectivity index (χ4v) is 3.94. The van der Waals surface area contributed by atoms with Gasteiger partial charge in [-0.05, 0) is 34.6 Å². The van der Waals surface area contributed by atoms with Crippen LogP contribution < -0.4 is 10.5 Å². The molecule has 0 aliphatic carbocycles. The summed E-state index contributed by atoms with van der Waals surface area (Å²) in [6.07, 6.45) is 2.98. The molecule has 0 bridgehead atoms. The molecule has 0 atom stereocenters. The van der Waals surface area contributed by atoms with Crippen molar-refractivity contribution in [2.24, 2.45) is 10.7 Å². The molecule has 2 rings (SSSR count). The lowest BCUT2D eigenvalue weighted by Gasteiger charge is -2.39. The molecular weight excluding hydrogens is 472 g/mol. The highest BCUT2D eigenvalue weighted by molar-refractivity contribution is 6.08. The SMILES string of the molecule is C=C(N)/N=C1\C(=C(/C)OC)N(CC(=O)N(CC)CC)C(=O)CN1Cc1ncc(C)c(OC)c1C.CCC. The van der Waals surface area contributed by atoms with Crippen LogP contribution in [0.15, 0.2) is 35.0 Å². The highest BCUT2D eigenvalue weighted by Gasteiger charge is 2.37. The van der Waals surface area contributed by atoms with Crippen LogP contribution in [0, 0.1) is 13.8 Å². The van der Waals surface area contributed by atoms with Crippen LogP contribution >= 0.6 is 0 Å². The average molecular weight is 517 g/mol. The summed E-state index contributed by atoms with van der Waals surface area (Å²) in [5.74, 6) is 1.20. The number of carbonyl (C=O) groups is 2. The summed E-state index contributed by atoms with van der Waals surface area (Å²) in [5, 5.41) is 0. The summed E-state index contributed by atoms with van der Waals surface area (Å²) in [4.78, 5) is 40.0. The molecule has 1 aromatic heterocycles. The molecule has 37 heavy (non-hydrogen) atoms. The van der Waals surface area contributed by atoms with Gasteiger partial charge in [0.05, 0.1) is 33.0 Å². The van der Waals surface area contributed by atoms with Crippen LogP contribution in [-0.4, -0.2) is 77.7 Å². The molecule has 2 heterocycles. The zero-order valence-corrected chi connectivity index (χ0v) is 24.0. The Balaban J connectivity index is 0.00000217. The minimum Gasteiger partial charge on any atom is -0.499 e. The van der Waals surface area contributed by atoms with Crippen LogP contribution in [-0.2, 0) is 20.9 Å². The second-order valence-electron chi connectivity index (χ2n) is 8.69. The number of nitrogens with two attached hydrogens (primary N) is 1. The number of carbonyl (C=O) groups excluding carboxylic acids is 2. The van der Waals surface area contributed by atoms with E-state index in [0.717, 1.165) is 22.6 Å². The van der Waals surface area contributed by atoms with E-state index in [1.54, 1.807) is 30.0 Å². The van der Waals surface area contributed by atoms with E-state index in [0.29, 0.717) is 30.4 Å². The van der Waals surface area contributed by atoms with Crippen molar-refractivity contribution in [3.05, 3.63) is 46.9 Å². The number of rotatable bonds is 9. The van der Waals surface area contributed by atoms with Crippen LogP contribution in [0.3, 0.4) is 0 Å². The molecule has 1 fully saturated rings. The van der Waals surface area contributed by atoms with Gasteiger partial charge in [-0.3, -0.25) is 19.5 Å². The molecule has 1 saturated heterocycles.